The van der Waals surface area contributed by atoms with Gasteiger partial charge in [-0.15, -0.1) is 12.4 Å². The first-order valence-electron chi connectivity index (χ1n) is 6.70. The van der Waals surface area contributed by atoms with Crippen LogP contribution in [0.3, 0.4) is 0 Å². The minimum absolute atomic E-state index is 0. The van der Waals surface area contributed by atoms with Gasteiger partial charge in [0, 0.05) is 13.1 Å². The molecule has 1 unspecified atom stereocenters. The second-order valence-corrected chi connectivity index (χ2v) is 5.56. The molecule has 2 rings (SSSR count). The number of likely N-dealkylation sites (tertiary alicyclic amines) is 1. The van der Waals surface area contributed by atoms with Crippen molar-refractivity contribution in [2.75, 3.05) is 19.6 Å². The highest BCUT2D eigenvalue weighted by Gasteiger charge is 2.30. The van der Waals surface area contributed by atoms with Crippen molar-refractivity contribution in [1.82, 2.24) is 10.2 Å². The first-order valence-corrected chi connectivity index (χ1v) is 6.70. The van der Waals surface area contributed by atoms with Crippen LogP contribution in [0.4, 0.5) is 0 Å². The Hall–Kier alpha value is -0.280. The van der Waals surface area contributed by atoms with Crippen LogP contribution >= 0.6 is 12.4 Å². The zero-order valence-corrected chi connectivity index (χ0v) is 11.8. The first-order chi connectivity index (χ1) is 7.68. The summed E-state index contributed by atoms with van der Waals surface area (Å²) in [6.07, 6.45) is 4.56. The van der Waals surface area contributed by atoms with Crippen LogP contribution in [-0.4, -0.2) is 36.5 Å². The Balaban J connectivity index is 0.00000144. The Morgan fingerprint density at radius 1 is 1.24 bits per heavy atom. The Morgan fingerprint density at radius 2 is 1.88 bits per heavy atom. The number of amides is 1. The Kier molecular flexibility index (Phi) is 5.74. The van der Waals surface area contributed by atoms with Crippen molar-refractivity contribution < 1.29 is 4.79 Å². The fraction of sp³-hybridized carbons (Fsp3) is 0.923. The van der Waals surface area contributed by atoms with E-state index in [2.05, 4.69) is 24.1 Å². The molecule has 0 radical (unpaired) electrons. The van der Waals surface area contributed by atoms with E-state index in [1.165, 1.54) is 12.8 Å². The number of carbonyl (C=O) groups excluding carboxylic acids is 1. The summed E-state index contributed by atoms with van der Waals surface area (Å²) in [4.78, 5) is 14.2. The highest BCUT2D eigenvalue weighted by Crippen LogP contribution is 2.25. The van der Waals surface area contributed by atoms with Gasteiger partial charge in [0.15, 0.2) is 0 Å². The normalized spacial score (nSPS) is 26.1. The van der Waals surface area contributed by atoms with Gasteiger partial charge in [-0.25, -0.2) is 0 Å². The van der Waals surface area contributed by atoms with Crippen molar-refractivity contribution in [3.8, 4) is 0 Å². The fourth-order valence-electron chi connectivity index (χ4n) is 2.90. The maximum atomic E-state index is 12.1. The summed E-state index contributed by atoms with van der Waals surface area (Å²) < 4.78 is 0. The zero-order valence-electron chi connectivity index (χ0n) is 10.9. The summed E-state index contributed by atoms with van der Waals surface area (Å²) in [7, 11) is 0. The lowest BCUT2D eigenvalue weighted by Gasteiger charge is -2.35. The van der Waals surface area contributed by atoms with E-state index in [1.807, 2.05) is 0 Å². The molecule has 0 saturated carbocycles. The highest BCUT2D eigenvalue weighted by molar-refractivity contribution is 5.85. The SMILES string of the molecule is CC(C)C1CCN(C(=O)C2CCCN2)CC1.Cl. The summed E-state index contributed by atoms with van der Waals surface area (Å²) in [5.74, 6) is 1.93. The molecule has 3 nitrogen and oxygen atoms in total. The zero-order chi connectivity index (χ0) is 11.5. The molecule has 2 fully saturated rings. The number of rotatable bonds is 2. The molecular weight excluding hydrogens is 236 g/mol. The summed E-state index contributed by atoms with van der Waals surface area (Å²) in [5.41, 5.74) is 0. The van der Waals surface area contributed by atoms with Crippen LogP contribution < -0.4 is 5.32 Å². The van der Waals surface area contributed by atoms with E-state index in [9.17, 15) is 4.79 Å². The first kappa shape index (κ1) is 14.8. The molecule has 0 aromatic rings. The van der Waals surface area contributed by atoms with Gasteiger partial charge in [-0.2, -0.15) is 0 Å². The minimum atomic E-state index is 0. The van der Waals surface area contributed by atoms with Crippen molar-refractivity contribution in [1.29, 1.82) is 0 Å². The molecule has 1 N–H and O–H groups in total. The van der Waals surface area contributed by atoms with E-state index >= 15 is 0 Å². The monoisotopic (exact) mass is 260 g/mol. The van der Waals surface area contributed by atoms with E-state index in [0.29, 0.717) is 5.91 Å². The Morgan fingerprint density at radius 3 is 2.35 bits per heavy atom. The van der Waals surface area contributed by atoms with Crippen molar-refractivity contribution in [2.24, 2.45) is 11.8 Å². The summed E-state index contributed by atoms with van der Waals surface area (Å²) >= 11 is 0. The van der Waals surface area contributed by atoms with Gasteiger partial charge >= 0.3 is 0 Å². The average Bonchev–Trinajstić information content (AvgIpc) is 2.81. The van der Waals surface area contributed by atoms with Crippen molar-refractivity contribution in [2.45, 2.75) is 45.6 Å². The third-order valence-electron chi connectivity index (χ3n) is 4.15. The molecule has 4 heteroatoms. The van der Waals surface area contributed by atoms with Gasteiger partial charge in [0.2, 0.25) is 5.91 Å². The lowest BCUT2D eigenvalue weighted by atomic mass is 9.86. The van der Waals surface area contributed by atoms with Crippen LogP contribution in [0.1, 0.15) is 39.5 Å². The minimum Gasteiger partial charge on any atom is -0.341 e. The number of nitrogens with one attached hydrogen (secondary N) is 1. The second kappa shape index (κ2) is 6.60. The predicted molar refractivity (Wildman–Crippen MR) is 72.4 cm³/mol. The lowest BCUT2D eigenvalue weighted by Crippen LogP contribution is -2.47. The molecule has 0 spiro atoms. The maximum Gasteiger partial charge on any atom is 0.239 e. The molecule has 1 amide bonds. The van der Waals surface area contributed by atoms with Crippen LogP contribution in [0.15, 0.2) is 0 Å². The van der Waals surface area contributed by atoms with Crippen molar-refractivity contribution >= 4 is 18.3 Å². The Bertz CT molecular complexity index is 244. The molecule has 100 valence electrons. The summed E-state index contributed by atoms with van der Waals surface area (Å²) in [6.45, 7) is 7.54. The molecule has 0 aliphatic carbocycles. The highest BCUT2D eigenvalue weighted by atomic mass is 35.5. The standard InChI is InChI=1S/C13H24N2O.ClH/c1-10(2)11-5-8-15(9-6-11)13(16)12-4-3-7-14-12;/h10-12,14H,3-9H2,1-2H3;1H. The van der Waals surface area contributed by atoms with Crippen LogP contribution in [0.25, 0.3) is 0 Å². The van der Waals surface area contributed by atoms with Gasteiger partial charge < -0.3 is 10.2 Å². The molecular formula is C13H25ClN2O. The third-order valence-corrected chi connectivity index (χ3v) is 4.15. The van der Waals surface area contributed by atoms with E-state index in [-0.39, 0.29) is 18.4 Å². The van der Waals surface area contributed by atoms with Gasteiger partial charge in [0.1, 0.15) is 0 Å². The number of nitrogens with zero attached hydrogens (tertiary/aromatic N) is 1. The smallest absolute Gasteiger partial charge is 0.239 e. The number of hydrogen-bond donors (Lipinski definition) is 1. The topological polar surface area (TPSA) is 32.3 Å². The number of carbonyl (C=O) groups is 1. The van der Waals surface area contributed by atoms with E-state index in [1.54, 1.807) is 0 Å². The van der Waals surface area contributed by atoms with Crippen LogP contribution in [-0.2, 0) is 4.79 Å². The number of halogens is 1. The summed E-state index contributed by atoms with van der Waals surface area (Å²) in [6, 6.07) is 0.121. The number of piperidine rings is 1. The quantitative estimate of drug-likeness (QED) is 0.824. The third kappa shape index (κ3) is 3.59. The summed E-state index contributed by atoms with van der Waals surface area (Å²) in [5, 5.41) is 3.30. The lowest BCUT2D eigenvalue weighted by molar-refractivity contribution is -0.134. The number of hydrogen-bond acceptors (Lipinski definition) is 2. The van der Waals surface area contributed by atoms with E-state index < -0.39 is 0 Å². The van der Waals surface area contributed by atoms with E-state index in [0.717, 1.165) is 44.3 Å². The molecule has 0 aromatic heterocycles. The van der Waals surface area contributed by atoms with Crippen LogP contribution in [0, 0.1) is 11.8 Å². The van der Waals surface area contributed by atoms with Crippen LogP contribution in [0.5, 0.6) is 0 Å². The molecule has 2 aliphatic heterocycles. The molecule has 17 heavy (non-hydrogen) atoms. The predicted octanol–water partition coefficient (Wildman–Crippen LogP) is 2.05. The maximum absolute atomic E-state index is 12.1. The molecule has 2 aliphatic rings. The van der Waals surface area contributed by atoms with Crippen LogP contribution in [0.2, 0.25) is 0 Å². The van der Waals surface area contributed by atoms with Gasteiger partial charge in [-0.3, -0.25) is 4.79 Å². The van der Waals surface area contributed by atoms with Gasteiger partial charge in [0.05, 0.1) is 6.04 Å². The fourth-order valence-corrected chi connectivity index (χ4v) is 2.90. The largest absolute Gasteiger partial charge is 0.341 e. The molecule has 2 saturated heterocycles. The molecule has 0 aromatic carbocycles. The van der Waals surface area contributed by atoms with Gasteiger partial charge in [-0.1, -0.05) is 13.8 Å². The molecule has 2 heterocycles. The van der Waals surface area contributed by atoms with E-state index in [4.69, 9.17) is 0 Å². The second-order valence-electron chi connectivity index (χ2n) is 5.56. The van der Waals surface area contributed by atoms with Gasteiger partial charge in [-0.05, 0) is 44.1 Å². The van der Waals surface area contributed by atoms with Crippen molar-refractivity contribution in [3.63, 3.8) is 0 Å². The van der Waals surface area contributed by atoms with Gasteiger partial charge in [0.25, 0.3) is 0 Å². The molecule has 0 bridgehead atoms. The molecule has 1 atom stereocenters. The Labute approximate surface area is 111 Å². The average molecular weight is 261 g/mol. The van der Waals surface area contributed by atoms with Crippen molar-refractivity contribution in [3.05, 3.63) is 0 Å².